The first kappa shape index (κ1) is 43.3. The Morgan fingerprint density at radius 1 is 0.897 bits per heavy atom. The zero-order chi connectivity index (χ0) is 41.1. The highest BCUT2D eigenvalue weighted by atomic mass is 32.2. The molecule has 6 rings (SSSR count). The van der Waals surface area contributed by atoms with Gasteiger partial charge in [0.05, 0.1) is 49.4 Å². The van der Waals surface area contributed by atoms with Crippen molar-refractivity contribution < 1.29 is 50.9 Å². The van der Waals surface area contributed by atoms with E-state index in [0.29, 0.717) is 24.3 Å². The molecule has 0 aromatic heterocycles. The summed E-state index contributed by atoms with van der Waals surface area (Å²) < 4.78 is 77.4. The van der Waals surface area contributed by atoms with Crippen LogP contribution in [0, 0.1) is 11.8 Å². The minimum absolute atomic E-state index is 0.00472. The lowest BCUT2D eigenvalue weighted by molar-refractivity contribution is -0.0907. The Balaban J connectivity index is 1.16. The normalized spacial score (nSPS) is 19.2. The Kier molecular flexibility index (Phi) is 15.0. The molecule has 2 saturated heterocycles. The van der Waals surface area contributed by atoms with Crippen molar-refractivity contribution in [1.29, 1.82) is 0 Å². The molecular formula is C42H52N3O11PS. The lowest BCUT2D eigenvalue weighted by atomic mass is 10.0. The summed E-state index contributed by atoms with van der Waals surface area (Å²) in [5.41, 5.74) is 8.54. The number of nitrogens with zero attached hydrogens (tertiary/aromatic N) is 1. The van der Waals surface area contributed by atoms with E-state index < -0.39 is 48.3 Å². The third-order valence-corrected chi connectivity index (χ3v) is 13.1. The van der Waals surface area contributed by atoms with Gasteiger partial charge in [-0.3, -0.25) is 4.57 Å². The molecule has 58 heavy (non-hydrogen) atoms. The number of alkyl carbamates (subject to hydrolysis) is 1. The van der Waals surface area contributed by atoms with E-state index in [1.165, 1.54) is 16.4 Å². The van der Waals surface area contributed by atoms with Crippen LogP contribution in [0.15, 0.2) is 114 Å². The van der Waals surface area contributed by atoms with Crippen molar-refractivity contribution in [2.24, 2.45) is 11.8 Å². The molecule has 2 aliphatic heterocycles. The molecule has 0 radical (unpaired) electrons. The molecule has 14 nitrogen and oxygen atoms in total. The van der Waals surface area contributed by atoms with Gasteiger partial charge in [-0.05, 0) is 65.8 Å². The molecule has 2 heterocycles. The fraction of sp³-hybridized carbons (Fsp3) is 0.405. The first-order valence-electron chi connectivity index (χ1n) is 19.3. The minimum atomic E-state index is -4.08. The Morgan fingerprint density at radius 3 is 2.17 bits per heavy atom. The highest BCUT2D eigenvalue weighted by Gasteiger charge is 2.44. The summed E-state index contributed by atoms with van der Waals surface area (Å²) >= 11 is 0. The van der Waals surface area contributed by atoms with Gasteiger partial charge in [0, 0.05) is 18.8 Å². The van der Waals surface area contributed by atoms with Crippen LogP contribution in [0.4, 0.5) is 10.5 Å². The quantitative estimate of drug-likeness (QED) is 0.0664. The van der Waals surface area contributed by atoms with Crippen LogP contribution in [0.5, 0.6) is 5.75 Å². The van der Waals surface area contributed by atoms with E-state index in [1.807, 2.05) is 74.5 Å². The Bertz CT molecular complexity index is 2030. The van der Waals surface area contributed by atoms with Gasteiger partial charge in [0.15, 0.2) is 12.6 Å². The van der Waals surface area contributed by atoms with Crippen LogP contribution < -0.4 is 15.8 Å². The van der Waals surface area contributed by atoms with E-state index in [4.69, 9.17) is 33.7 Å². The maximum absolute atomic E-state index is 13.9. The van der Waals surface area contributed by atoms with Crippen LogP contribution in [0.25, 0.3) is 0 Å². The van der Waals surface area contributed by atoms with E-state index in [1.54, 1.807) is 36.4 Å². The van der Waals surface area contributed by atoms with Crippen LogP contribution in [0.2, 0.25) is 0 Å². The number of carbonyl (C=O) groups is 1. The smallest absolute Gasteiger partial charge is 0.407 e. The Labute approximate surface area is 340 Å². The number of nitrogens with one attached hydrogen (secondary N) is 1. The fourth-order valence-electron chi connectivity index (χ4n) is 6.73. The number of amides is 1. The second-order valence-corrected chi connectivity index (χ2v) is 18.8. The van der Waals surface area contributed by atoms with E-state index in [0.717, 1.165) is 11.1 Å². The van der Waals surface area contributed by atoms with Gasteiger partial charge in [0.2, 0.25) is 10.0 Å². The summed E-state index contributed by atoms with van der Waals surface area (Å²) in [6, 6.07) is 30.5. The number of nitrogen functional groups attached to an aromatic ring is 1. The number of nitrogens with two attached hydrogens (primary N) is 1. The van der Waals surface area contributed by atoms with E-state index >= 15 is 0 Å². The SMILES string of the molecule is CC(C)CN(C[C@@H](O)[C@H](Cc1ccc(OCP(=O)(OCc2ccccc2)OCc2ccccc2)cc1)NC(=O)O[C@H]1CO[C@H]2OCC[C@H]21)S(=O)(=O)c1cccc(N)c1. The predicted molar refractivity (Wildman–Crippen MR) is 217 cm³/mol. The molecule has 16 heteroatoms. The largest absolute Gasteiger partial charge is 0.481 e. The van der Waals surface area contributed by atoms with Gasteiger partial charge in [-0.15, -0.1) is 0 Å². The summed E-state index contributed by atoms with van der Waals surface area (Å²) in [6.45, 7) is 4.33. The summed E-state index contributed by atoms with van der Waals surface area (Å²) in [6.07, 6.45) is -2.68. The first-order valence-corrected chi connectivity index (χ1v) is 22.5. The molecule has 0 aliphatic carbocycles. The van der Waals surface area contributed by atoms with Crippen molar-refractivity contribution in [3.63, 3.8) is 0 Å². The number of benzene rings is 4. The molecule has 0 unspecified atom stereocenters. The van der Waals surface area contributed by atoms with Crippen molar-refractivity contribution >= 4 is 29.4 Å². The minimum Gasteiger partial charge on any atom is -0.481 e. The van der Waals surface area contributed by atoms with Crippen molar-refractivity contribution in [2.45, 2.75) is 69.3 Å². The van der Waals surface area contributed by atoms with Crippen LogP contribution in [-0.2, 0) is 57.5 Å². The summed E-state index contributed by atoms with van der Waals surface area (Å²) in [7, 11) is -7.84. The van der Waals surface area contributed by atoms with E-state index in [2.05, 4.69) is 5.32 Å². The molecule has 0 bridgehead atoms. The van der Waals surface area contributed by atoms with Gasteiger partial charge in [0.25, 0.3) is 0 Å². The molecule has 0 saturated carbocycles. The van der Waals surface area contributed by atoms with E-state index in [9.17, 15) is 22.9 Å². The average Bonchev–Trinajstić information content (AvgIpc) is 3.84. The molecule has 4 aromatic rings. The number of carbonyl (C=O) groups excluding carboxylic acids is 1. The van der Waals surface area contributed by atoms with Gasteiger partial charge >= 0.3 is 13.7 Å². The molecule has 2 fully saturated rings. The average molecular weight is 838 g/mol. The third-order valence-electron chi connectivity index (χ3n) is 9.78. The van der Waals surface area contributed by atoms with E-state index in [-0.39, 0.29) is 68.1 Å². The second-order valence-electron chi connectivity index (χ2n) is 14.8. The van der Waals surface area contributed by atoms with Crippen LogP contribution >= 0.6 is 7.60 Å². The maximum atomic E-state index is 13.9. The lowest BCUT2D eigenvalue weighted by Crippen LogP contribution is -2.51. The monoisotopic (exact) mass is 837 g/mol. The number of aliphatic hydroxyl groups excluding tert-OH is 1. The molecule has 1 amide bonds. The van der Waals surface area contributed by atoms with Crippen LogP contribution in [0.3, 0.4) is 0 Å². The number of hydrogen-bond acceptors (Lipinski definition) is 12. The van der Waals surface area contributed by atoms with Crippen LogP contribution in [0.1, 0.15) is 37.0 Å². The first-order chi connectivity index (χ1) is 27.9. The number of sulfonamides is 1. The van der Waals surface area contributed by atoms with Gasteiger partial charge in [-0.1, -0.05) is 92.7 Å². The second kappa shape index (κ2) is 20.1. The van der Waals surface area contributed by atoms with Crippen LogP contribution in [-0.4, -0.2) is 81.1 Å². The lowest BCUT2D eigenvalue weighted by Gasteiger charge is -2.31. The van der Waals surface area contributed by atoms with Crippen molar-refractivity contribution in [2.75, 3.05) is 38.4 Å². The number of ether oxygens (including phenoxy) is 4. The summed E-state index contributed by atoms with van der Waals surface area (Å²) in [5.74, 6) is 0.194. The Hall–Kier alpha value is -4.31. The van der Waals surface area contributed by atoms with Gasteiger partial charge < -0.3 is 44.2 Å². The number of rotatable bonds is 20. The molecule has 0 spiro atoms. The molecule has 312 valence electrons. The zero-order valence-corrected chi connectivity index (χ0v) is 34.3. The predicted octanol–water partition coefficient (Wildman–Crippen LogP) is 6.34. The number of anilines is 1. The molecule has 5 atom stereocenters. The highest BCUT2D eigenvalue weighted by Crippen LogP contribution is 2.50. The highest BCUT2D eigenvalue weighted by molar-refractivity contribution is 7.89. The molecular weight excluding hydrogens is 786 g/mol. The summed E-state index contributed by atoms with van der Waals surface area (Å²) in [4.78, 5) is 13.4. The zero-order valence-electron chi connectivity index (χ0n) is 32.6. The number of fused-ring (bicyclic) bond motifs is 1. The Morgan fingerprint density at radius 2 is 1.55 bits per heavy atom. The van der Waals surface area contributed by atoms with Crippen molar-refractivity contribution in [1.82, 2.24) is 9.62 Å². The summed E-state index contributed by atoms with van der Waals surface area (Å²) in [5, 5.41) is 14.5. The molecule has 4 aromatic carbocycles. The number of hydrogen-bond donors (Lipinski definition) is 3. The molecule has 4 N–H and O–H groups in total. The maximum Gasteiger partial charge on any atom is 0.407 e. The fourth-order valence-corrected chi connectivity index (χ4v) is 9.63. The third kappa shape index (κ3) is 12.1. The van der Waals surface area contributed by atoms with Gasteiger partial charge in [-0.2, -0.15) is 4.31 Å². The topological polar surface area (TPSA) is 185 Å². The van der Waals surface area contributed by atoms with Crippen molar-refractivity contribution in [3.05, 3.63) is 126 Å². The standard InChI is InChI=1S/C42H52N3O11PS/c1-30(2)24-45(58(49,50)36-15-9-14-34(43)23-36)25-39(46)38(44-42(47)56-40-28-52-41-37(40)20-21-51-41)22-31-16-18-35(19-17-31)53-29-57(48,54-26-32-10-5-3-6-11-32)55-27-33-12-7-4-8-13-33/h3-19,23,30,37-41,46H,20-22,24-29,43H2,1-2H3,(H,44,47)/t37-,38-,39+,40-,41+/m0/s1. The number of aliphatic hydroxyl groups is 1. The van der Waals surface area contributed by atoms with Gasteiger partial charge in [0.1, 0.15) is 11.9 Å². The van der Waals surface area contributed by atoms with Crippen molar-refractivity contribution in [3.8, 4) is 5.75 Å². The van der Waals surface area contributed by atoms with Gasteiger partial charge in [-0.25, -0.2) is 13.2 Å². The molecule has 2 aliphatic rings.